The first-order valence-electron chi connectivity index (χ1n) is 7.13. The Labute approximate surface area is 106 Å². The molecule has 3 heteroatoms. The molecule has 0 aromatic rings. The van der Waals surface area contributed by atoms with Crippen molar-refractivity contribution >= 4 is 0 Å². The van der Waals surface area contributed by atoms with Crippen LogP contribution in [0.15, 0.2) is 0 Å². The van der Waals surface area contributed by atoms with E-state index >= 15 is 0 Å². The van der Waals surface area contributed by atoms with Gasteiger partial charge in [0.2, 0.25) is 0 Å². The molecular formula is C14H28N2O. The lowest BCUT2D eigenvalue weighted by atomic mass is 9.86. The van der Waals surface area contributed by atoms with Crippen LogP contribution in [-0.2, 0) is 4.74 Å². The topological polar surface area (TPSA) is 24.5 Å². The van der Waals surface area contributed by atoms with Gasteiger partial charge >= 0.3 is 0 Å². The summed E-state index contributed by atoms with van der Waals surface area (Å²) in [7, 11) is 2.06. The average molecular weight is 240 g/mol. The van der Waals surface area contributed by atoms with Crippen LogP contribution >= 0.6 is 0 Å². The lowest BCUT2D eigenvalue weighted by molar-refractivity contribution is 0.0926. The van der Waals surface area contributed by atoms with E-state index in [-0.39, 0.29) is 0 Å². The van der Waals surface area contributed by atoms with E-state index in [1.54, 1.807) is 0 Å². The predicted octanol–water partition coefficient (Wildman–Crippen LogP) is 1.73. The number of rotatable bonds is 5. The minimum absolute atomic E-state index is 0.367. The Kier molecular flexibility index (Phi) is 4.45. The summed E-state index contributed by atoms with van der Waals surface area (Å²) in [4.78, 5) is 2.72. The van der Waals surface area contributed by atoms with Gasteiger partial charge in [-0.3, -0.25) is 4.90 Å². The van der Waals surface area contributed by atoms with Crippen molar-refractivity contribution in [3.63, 3.8) is 0 Å². The lowest BCUT2D eigenvalue weighted by Gasteiger charge is -2.36. The van der Waals surface area contributed by atoms with Crippen LogP contribution in [-0.4, -0.2) is 50.8 Å². The smallest absolute Gasteiger partial charge is 0.0547 e. The Balaban J connectivity index is 1.97. The van der Waals surface area contributed by atoms with Gasteiger partial charge in [-0.1, -0.05) is 13.8 Å². The fourth-order valence-electron chi connectivity index (χ4n) is 3.58. The van der Waals surface area contributed by atoms with Crippen LogP contribution < -0.4 is 5.32 Å². The number of hydrogen-bond donors (Lipinski definition) is 1. The SMILES string of the molecule is CNCC1(CN2CCCC2C(C)C)CCOC1. The van der Waals surface area contributed by atoms with E-state index in [0.29, 0.717) is 5.41 Å². The van der Waals surface area contributed by atoms with Crippen molar-refractivity contribution < 1.29 is 4.74 Å². The van der Waals surface area contributed by atoms with Gasteiger partial charge in [0.1, 0.15) is 0 Å². The second-order valence-corrected chi connectivity index (χ2v) is 6.26. The van der Waals surface area contributed by atoms with Gasteiger partial charge in [0.15, 0.2) is 0 Å². The first-order valence-corrected chi connectivity index (χ1v) is 7.13. The van der Waals surface area contributed by atoms with E-state index < -0.39 is 0 Å². The zero-order valence-electron chi connectivity index (χ0n) is 11.7. The van der Waals surface area contributed by atoms with E-state index in [9.17, 15) is 0 Å². The molecule has 2 saturated heterocycles. The highest BCUT2D eigenvalue weighted by Crippen LogP contribution is 2.33. The molecule has 2 rings (SSSR count). The molecule has 2 unspecified atom stereocenters. The highest BCUT2D eigenvalue weighted by atomic mass is 16.5. The van der Waals surface area contributed by atoms with Crippen LogP contribution in [0.25, 0.3) is 0 Å². The monoisotopic (exact) mass is 240 g/mol. The molecule has 2 aliphatic rings. The molecule has 0 aliphatic carbocycles. The van der Waals surface area contributed by atoms with Crippen molar-refractivity contribution in [1.82, 2.24) is 10.2 Å². The number of ether oxygens (including phenoxy) is 1. The summed E-state index contributed by atoms with van der Waals surface area (Å²) in [5.41, 5.74) is 0.367. The Morgan fingerprint density at radius 2 is 2.29 bits per heavy atom. The fourth-order valence-corrected chi connectivity index (χ4v) is 3.58. The van der Waals surface area contributed by atoms with Gasteiger partial charge in [-0.2, -0.15) is 0 Å². The van der Waals surface area contributed by atoms with Crippen LogP contribution in [0.1, 0.15) is 33.1 Å². The van der Waals surface area contributed by atoms with E-state index in [1.807, 2.05) is 0 Å². The Bertz CT molecular complexity index is 236. The highest BCUT2D eigenvalue weighted by Gasteiger charge is 2.39. The standard InChI is InChI=1S/C14H28N2O/c1-12(2)13-5-4-7-16(13)10-14(9-15-3)6-8-17-11-14/h12-13,15H,4-11H2,1-3H3. The quantitative estimate of drug-likeness (QED) is 0.792. The van der Waals surface area contributed by atoms with Crippen molar-refractivity contribution in [1.29, 1.82) is 0 Å². The van der Waals surface area contributed by atoms with Gasteiger partial charge in [0, 0.05) is 31.2 Å². The molecule has 0 aromatic heterocycles. The molecule has 0 bridgehead atoms. The summed E-state index contributed by atoms with van der Waals surface area (Å²) in [5, 5.41) is 3.36. The highest BCUT2D eigenvalue weighted by molar-refractivity contribution is 4.92. The second-order valence-electron chi connectivity index (χ2n) is 6.26. The summed E-state index contributed by atoms with van der Waals surface area (Å²) in [6.07, 6.45) is 3.97. The minimum Gasteiger partial charge on any atom is -0.381 e. The lowest BCUT2D eigenvalue weighted by Crippen LogP contribution is -2.46. The molecule has 100 valence electrons. The second kappa shape index (κ2) is 5.68. The molecule has 2 heterocycles. The molecule has 0 amide bonds. The van der Waals surface area contributed by atoms with Crippen molar-refractivity contribution in [3.8, 4) is 0 Å². The van der Waals surface area contributed by atoms with E-state index in [4.69, 9.17) is 4.74 Å². The molecule has 0 radical (unpaired) electrons. The first-order chi connectivity index (χ1) is 8.17. The zero-order valence-corrected chi connectivity index (χ0v) is 11.7. The minimum atomic E-state index is 0.367. The van der Waals surface area contributed by atoms with Crippen LogP contribution in [0.2, 0.25) is 0 Å². The van der Waals surface area contributed by atoms with Crippen LogP contribution in [0, 0.1) is 11.3 Å². The molecule has 1 N–H and O–H groups in total. The largest absolute Gasteiger partial charge is 0.381 e. The molecule has 17 heavy (non-hydrogen) atoms. The van der Waals surface area contributed by atoms with Crippen molar-refractivity contribution in [2.24, 2.45) is 11.3 Å². The van der Waals surface area contributed by atoms with Crippen molar-refractivity contribution in [2.75, 3.05) is 39.9 Å². The van der Waals surface area contributed by atoms with Gasteiger partial charge in [0.05, 0.1) is 6.61 Å². The van der Waals surface area contributed by atoms with Crippen LogP contribution in [0.5, 0.6) is 0 Å². The zero-order chi connectivity index (χ0) is 12.3. The predicted molar refractivity (Wildman–Crippen MR) is 71.2 cm³/mol. The summed E-state index contributed by atoms with van der Waals surface area (Å²) in [5.74, 6) is 0.784. The third-order valence-corrected chi connectivity index (χ3v) is 4.46. The molecule has 2 fully saturated rings. The van der Waals surface area contributed by atoms with Gasteiger partial charge in [-0.05, 0) is 38.8 Å². The number of hydrogen-bond acceptors (Lipinski definition) is 3. The maximum absolute atomic E-state index is 5.65. The molecule has 0 spiro atoms. The number of likely N-dealkylation sites (tertiary alicyclic amines) is 1. The number of nitrogens with one attached hydrogen (secondary N) is 1. The van der Waals surface area contributed by atoms with Gasteiger partial charge in [-0.25, -0.2) is 0 Å². The van der Waals surface area contributed by atoms with Crippen molar-refractivity contribution in [3.05, 3.63) is 0 Å². The van der Waals surface area contributed by atoms with E-state index in [1.165, 1.54) is 32.4 Å². The fraction of sp³-hybridized carbons (Fsp3) is 1.00. The molecule has 2 aliphatic heterocycles. The van der Waals surface area contributed by atoms with Gasteiger partial charge < -0.3 is 10.1 Å². The Morgan fingerprint density at radius 3 is 2.88 bits per heavy atom. The molecule has 0 aromatic carbocycles. The third kappa shape index (κ3) is 3.01. The van der Waals surface area contributed by atoms with E-state index in [2.05, 4.69) is 31.1 Å². The normalized spacial score (nSPS) is 34.9. The molecule has 2 atom stereocenters. The summed E-state index contributed by atoms with van der Waals surface area (Å²) in [6, 6.07) is 0.796. The Morgan fingerprint density at radius 1 is 1.47 bits per heavy atom. The van der Waals surface area contributed by atoms with Crippen LogP contribution in [0.3, 0.4) is 0 Å². The maximum atomic E-state index is 5.65. The number of nitrogens with zero attached hydrogens (tertiary/aromatic N) is 1. The first kappa shape index (κ1) is 13.3. The molecule has 0 saturated carbocycles. The van der Waals surface area contributed by atoms with Gasteiger partial charge in [0.25, 0.3) is 0 Å². The third-order valence-electron chi connectivity index (χ3n) is 4.46. The summed E-state index contributed by atoms with van der Waals surface area (Å²) >= 11 is 0. The van der Waals surface area contributed by atoms with Crippen LogP contribution in [0.4, 0.5) is 0 Å². The van der Waals surface area contributed by atoms with E-state index in [0.717, 1.165) is 31.7 Å². The van der Waals surface area contributed by atoms with Crippen molar-refractivity contribution in [2.45, 2.75) is 39.2 Å². The molecular weight excluding hydrogens is 212 g/mol. The maximum Gasteiger partial charge on any atom is 0.0547 e. The van der Waals surface area contributed by atoms with Gasteiger partial charge in [-0.15, -0.1) is 0 Å². The molecule has 3 nitrogen and oxygen atoms in total. The Hall–Kier alpha value is -0.120. The summed E-state index contributed by atoms with van der Waals surface area (Å²) in [6.45, 7) is 10.2. The average Bonchev–Trinajstić information content (AvgIpc) is 2.89. The summed E-state index contributed by atoms with van der Waals surface area (Å²) < 4.78 is 5.65.